The molecule has 0 bridgehead atoms. The summed E-state index contributed by atoms with van der Waals surface area (Å²) in [6, 6.07) is 10.6. The Bertz CT molecular complexity index is 1230. The second-order valence-electron chi connectivity index (χ2n) is 7.24. The molecule has 0 amide bonds. The number of halogens is 2. The minimum Gasteiger partial charge on any atom is -0.508 e. The molecular formula is C21H19Cl2N5O2. The first kappa shape index (κ1) is 20.5. The van der Waals surface area contributed by atoms with Gasteiger partial charge in [-0.2, -0.15) is 5.26 Å². The Hall–Kier alpha value is -2.79. The molecule has 0 aliphatic carbocycles. The van der Waals surface area contributed by atoms with Crippen LogP contribution in [0.2, 0.25) is 10.2 Å². The van der Waals surface area contributed by atoms with E-state index in [1.807, 2.05) is 11.0 Å². The molecule has 0 saturated carbocycles. The number of hydrogen-bond acceptors (Lipinski definition) is 6. The summed E-state index contributed by atoms with van der Waals surface area (Å²) in [7, 11) is 1.63. The third kappa shape index (κ3) is 3.70. The van der Waals surface area contributed by atoms with E-state index < -0.39 is 0 Å². The predicted molar refractivity (Wildman–Crippen MR) is 117 cm³/mol. The van der Waals surface area contributed by atoms with Gasteiger partial charge in [0, 0.05) is 50.4 Å². The molecule has 2 aromatic heterocycles. The number of aryl methyl sites for hydroxylation is 1. The Labute approximate surface area is 183 Å². The van der Waals surface area contributed by atoms with Crippen molar-refractivity contribution in [3.05, 3.63) is 62.0 Å². The number of hydrogen-bond donors (Lipinski definition) is 1. The lowest BCUT2D eigenvalue weighted by Gasteiger charge is -2.36. The SMILES string of the molecule is Cn1c(=O)c(C#N)c(N2CCN(Cc3ccc(Cl)cc3O)CC2)c2nc(Cl)ccc21. The smallest absolute Gasteiger partial charge is 0.270 e. The number of fused-ring (bicyclic) bond motifs is 1. The van der Waals surface area contributed by atoms with Gasteiger partial charge >= 0.3 is 0 Å². The Morgan fingerprint density at radius 3 is 2.57 bits per heavy atom. The Kier molecular flexibility index (Phi) is 5.56. The van der Waals surface area contributed by atoms with E-state index in [9.17, 15) is 15.2 Å². The van der Waals surface area contributed by atoms with E-state index >= 15 is 0 Å². The van der Waals surface area contributed by atoms with Crippen molar-refractivity contribution in [1.82, 2.24) is 14.5 Å². The van der Waals surface area contributed by atoms with Crippen LogP contribution in [-0.2, 0) is 13.6 Å². The lowest BCUT2D eigenvalue weighted by atomic mass is 10.1. The number of phenols is 1. The van der Waals surface area contributed by atoms with Gasteiger partial charge in [-0.1, -0.05) is 29.3 Å². The second kappa shape index (κ2) is 8.15. The van der Waals surface area contributed by atoms with Gasteiger partial charge in [-0.05, 0) is 24.3 Å². The molecule has 0 radical (unpaired) electrons. The van der Waals surface area contributed by atoms with Gasteiger partial charge in [-0.3, -0.25) is 9.69 Å². The Morgan fingerprint density at radius 2 is 1.90 bits per heavy atom. The average Bonchev–Trinajstić information content (AvgIpc) is 2.73. The van der Waals surface area contributed by atoms with E-state index in [0.29, 0.717) is 59.6 Å². The summed E-state index contributed by atoms with van der Waals surface area (Å²) in [6.45, 7) is 3.21. The molecule has 7 nitrogen and oxygen atoms in total. The maximum atomic E-state index is 12.7. The number of nitrogens with zero attached hydrogens (tertiary/aromatic N) is 5. The highest BCUT2D eigenvalue weighted by atomic mass is 35.5. The van der Waals surface area contributed by atoms with E-state index in [1.54, 1.807) is 25.2 Å². The van der Waals surface area contributed by atoms with Crippen molar-refractivity contribution in [3.8, 4) is 11.8 Å². The van der Waals surface area contributed by atoms with E-state index in [4.69, 9.17) is 23.2 Å². The largest absolute Gasteiger partial charge is 0.508 e. The lowest BCUT2D eigenvalue weighted by molar-refractivity contribution is 0.247. The van der Waals surface area contributed by atoms with Crippen LogP contribution in [0.3, 0.4) is 0 Å². The number of pyridine rings is 2. The molecule has 4 rings (SSSR count). The van der Waals surface area contributed by atoms with E-state index in [2.05, 4.69) is 16.0 Å². The summed E-state index contributed by atoms with van der Waals surface area (Å²) in [6.07, 6.45) is 0. The number of anilines is 1. The maximum Gasteiger partial charge on any atom is 0.270 e. The van der Waals surface area contributed by atoms with Gasteiger partial charge in [0.05, 0.1) is 11.2 Å². The van der Waals surface area contributed by atoms with Crippen LogP contribution in [0.25, 0.3) is 11.0 Å². The van der Waals surface area contributed by atoms with Crippen molar-refractivity contribution in [3.63, 3.8) is 0 Å². The number of aromatic hydroxyl groups is 1. The molecule has 1 aliphatic rings. The van der Waals surface area contributed by atoms with Crippen molar-refractivity contribution in [1.29, 1.82) is 5.26 Å². The molecule has 1 aromatic carbocycles. The van der Waals surface area contributed by atoms with Gasteiger partial charge in [-0.15, -0.1) is 0 Å². The summed E-state index contributed by atoms with van der Waals surface area (Å²) in [5.41, 5.74) is 2.24. The number of rotatable bonds is 3. The molecule has 0 atom stereocenters. The zero-order valence-corrected chi connectivity index (χ0v) is 17.8. The van der Waals surface area contributed by atoms with Crippen molar-refractivity contribution in [2.45, 2.75) is 6.54 Å². The van der Waals surface area contributed by atoms with Crippen molar-refractivity contribution < 1.29 is 5.11 Å². The first-order valence-electron chi connectivity index (χ1n) is 9.43. The van der Waals surface area contributed by atoms with Gasteiger partial charge in [0.2, 0.25) is 0 Å². The molecule has 30 heavy (non-hydrogen) atoms. The van der Waals surface area contributed by atoms with Crippen LogP contribution in [-0.4, -0.2) is 45.7 Å². The zero-order chi connectivity index (χ0) is 21.4. The fourth-order valence-electron chi connectivity index (χ4n) is 3.82. The third-order valence-corrected chi connectivity index (χ3v) is 5.87. The average molecular weight is 444 g/mol. The van der Waals surface area contributed by atoms with E-state index in [1.165, 1.54) is 10.6 Å². The van der Waals surface area contributed by atoms with Gasteiger partial charge in [0.25, 0.3) is 5.56 Å². The lowest BCUT2D eigenvalue weighted by Crippen LogP contribution is -2.47. The summed E-state index contributed by atoms with van der Waals surface area (Å²) in [4.78, 5) is 21.4. The quantitative estimate of drug-likeness (QED) is 0.625. The summed E-state index contributed by atoms with van der Waals surface area (Å²) in [5.74, 6) is 0.174. The van der Waals surface area contributed by atoms with Crippen LogP contribution in [0.4, 0.5) is 5.69 Å². The van der Waals surface area contributed by atoms with Crippen LogP contribution in [0.5, 0.6) is 5.75 Å². The summed E-state index contributed by atoms with van der Waals surface area (Å²) >= 11 is 12.0. The highest BCUT2D eigenvalue weighted by Gasteiger charge is 2.25. The molecule has 1 saturated heterocycles. The molecule has 1 N–H and O–H groups in total. The fraction of sp³-hybridized carbons (Fsp3) is 0.286. The van der Waals surface area contributed by atoms with E-state index in [-0.39, 0.29) is 16.9 Å². The van der Waals surface area contributed by atoms with Crippen molar-refractivity contribution in [2.75, 3.05) is 31.1 Å². The molecule has 9 heteroatoms. The minimum atomic E-state index is -0.349. The third-order valence-electron chi connectivity index (χ3n) is 5.42. The van der Waals surface area contributed by atoms with Crippen LogP contribution < -0.4 is 10.5 Å². The predicted octanol–water partition coefficient (Wildman–Crippen LogP) is 3.14. The highest BCUT2D eigenvalue weighted by molar-refractivity contribution is 6.30. The molecular weight excluding hydrogens is 425 g/mol. The molecule has 3 aromatic rings. The van der Waals surface area contributed by atoms with Gasteiger partial charge in [-0.25, -0.2) is 4.98 Å². The standard InChI is InChI=1S/C21H19Cl2N5O2/c1-26-16-4-5-18(23)25-19(16)20(15(11-24)21(26)30)28-8-6-27(7-9-28)12-13-2-3-14(22)10-17(13)29/h2-5,10,29H,6-9,12H2,1H3. The van der Waals surface area contributed by atoms with Gasteiger partial charge in [0.1, 0.15) is 28.1 Å². The molecule has 3 heterocycles. The Balaban J connectivity index is 1.63. The van der Waals surface area contributed by atoms with Gasteiger partial charge in [0.15, 0.2) is 0 Å². The normalized spacial score (nSPS) is 14.8. The maximum absolute atomic E-state index is 12.7. The van der Waals surface area contributed by atoms with Gasteiger partial charge < -0.3 is 14.6 Å². The second-order valence-corrected chi connectivity index (χ2v) is 8.06. The minimum absolute atomic E-state index is 0.0727. The monoisotopic (exact) mass is 443 g/mol. The first-order valence-corrected chi connectivity index (χ1v) is 10.2. The Morgan fingerprint density at radius 1 is 1.17 bits per heavy atom. The van der Waals surface area contributed by atoms with Crippen LogP contribution in [0, 0.1) is 11.3 Å². The molecule has 1 aliphatic heterocycles. The number of nitriles is 1. The topological polar surface area (TPSA) is 85.4 Å². The van der Waals surface area contributed by atoms with Crippen molar-refractivity contribution in [2.24, 2.45) is 7.05 Å². The first-order chi connectivity index (χ1) is 14.4. The zero-order valence-electron chi connectivity index (χ0n) is 16.3. The molecule has 0 spiro atoms. The van der Waals surface area contributed by atoms with Crippen LogP contribution in [0.1, 0.15) is 11.1 Å². The number of piperazine rings is 1. The van der Waals surface area contributed by atoms with Crippen molar-refractivity contribution >= 4 is 39.9 Å². The van der Waals surface area contributed by atoms with E-state index in [0.717, 1.165) is 5.56 Å². The number of phenolic OH excluding ortho intramolecular Hbond substituents is 1. The summed E-state index contributed by atoms with van der Waals surface area (Å²) in [5, 5.41) is 20.6. The number of benzene rings is 1. The molecule has 154 valence electrons. The summed E-state index contributed by atoms with van der Waals surface area (Å²) < 4.78 is 1.43. The molecule has 0 unspecified atom stereocenters. The fourth-order valence-corrected chi connectivity index (χ4v) is 4.13. The van der Waals surface area contributed by atoms with Crippen LogP contribution >= 0.6 is 23.2 Å². The van der Waals surface area contributed by atoms with Crippen LogP contribution in [0.15, 0.2) is 35.1 Å². The highest BCUT2D eigenvalue weighted by Crippen LogP contribution is 2.30. The number of aromatic nitrogens is 2. The molecule has 1 fully saturated rings.